The Hall–Kier alpha value is -1.14. The molecule has 0 heterocycles. The SMILES string of the molecule is [C-]#[N+]C(F)(F)C(F)(F)C(F)(F)C(F)(F)F. The highest BCUT2D eigenvalue weighted by molar-refractivity contribution is 5.03. The Morgan fingerprint density at radius 1 is 0.667 bits per heavy atom. The van der Waals surface area contributed by atoms with Crippen LogP contribution in [0, 0.1) is 6.57 Å². The first-order valence-corrected chi connectivity index (χ1v) is 2.90. The molecule has 0 fully saturated rings. The van der Waals surface area contributed by atoms with E-state index < -0.39 is 24.1 Å². The molecule has 88 valence electrons. The molecule has 0 atom stereocenters. The monoisotopic (exact) mass is 245 g/mol. The van der Waals surface area contributed by atoms with Gasteiger partial charge >= 0.3 is 24.1 Å². The topological polar surface area (TPSA) is 4.36 Å². The molecule has 1 nitrogen and oxygen atoms in total. The molecular formula is C5F9N. The van der Waals surface area contributed by atoms with Crippen molar-refractivity contribution >= 4 is 0 Å². The van der Waals surface area contributed by atoms with Crippen molar-refractivity contribution in [1.82, 2.24) is 0 Å². The second-order valence-corrected chi connectivity index (χ2v) is 2.30. The number of halogens is 9. The highest BCUT2D eigenvalue weighted by Crippen LogP contribution is 2.53. The smallest absolute Gasteiger partial charge is 0.236 e. The summed E-state index contributed by atoms with van der Waals surface area (Å²) in [5.74, 6) is -13.8. The first kappa shape index (κ1) is 13.9. The average Bonchev–Trinajstić information content (AvgIpc) is 2.01. The lowest BCUT2D eigenvalue weighted by molar-refractivity contribution is -0.388. The molecule has 0 aliphatic rings. The highest BCUT2D eigenvalue weighted by Gasteiger charge is 2.86. The van der Waals surface area contributed by atoms with Crippen LogP contribution in [0.15, 0.2) is 0 Å². The van der Waals surface area contributed by atoms with Crippen LogP contribution in [0.5, 0.6) is 0 Å². The van der Waals surface area contributed by atoms with E-state index in [-0.39, 0.29) is 0 Å². The molecule has 0 aromatic carbocycles. The molecule has 0 amide bonds. The van der Waals surface area contributed by atoms with Gasteiger partial charge in [0.2, 0.25) is 0 Å². The Kier molecular flexibility index (Phi) is 2.94. The molecule has 0 aliphatic heterocycles. The van der Waals surface area contributed by atoms with Crippen molar-refractivity contribution in [1.29, 1.82) is 0 Å². The van der Waals surface area contributed by atoms with E-state index in [4.69, 9.17) is 6.57 Å². The third-order valence-corrected chi connectivity index (χ3v) is 1.27. The summed E-state index contributed by atoms with van der Waals surface area (Å²) in [7, 11) is 0. The van der Waals surface area contributed by atoms with Crippen molar-refractivity contribution in [3.05, 3.63) is 11.4 Å². The van der Waals surface area contributed by atoms with Gasteiger partial charge in [0.25, 0.3) is 0 Å². The number of alkyl halides is 9. The fourth-order valence-corrected chi connectivity index (χ4v) is 0.437. The van der Waals surface area contributed by atoms with Gasteiger partial charge in [0.05, 0.1) is 0 Å². The Morgan fingerprint density at radius 2 is 1.00 bits per heavy atom. The molecule has 15 heavy (non-hydrogen) atoms. The van der Waals surface area contributed by atoms with Crippen LogP contribution < -0.4 is 0 Å². The lowest BCUT2D eigenvalue weighted by Crippen LogP contribution is -2.59. The first-order chi connectivity index (χ1) is 6.31. The molecular weight excluding hydrogens is 245 g/mol. The molecule has 0 rings (SSSR count). The Bertz CT molecular complexity index is 282. The predicted molar refractivity (Wildman–Crippen MR) is 27.5 cm³/mol. The minimum atomic E-state index is -6.98. The maximum atomic E-state index is 12.0. The minimum Gasteiger partial charge on any atom is -0.236 e. The van der Waals surface area contributed by atoms with E-state index >= 15 is 0 Å². The summed E-state index contributed by atoms with van der Waals surface area (Å²) in [5, 5.41) is 0. The Morgan fingerprint density at radius 3 is 1.20 bits per heavy atom. The van der Waals surface area contributed by atoms with E-state index in [9.17, 15) is 39.5 Å². The number of hydrogen-bond acceptors (Lipinski definition) is 0. The lowest BCUT2D eigenvalue weighted by atomic mass is 10.1. The minimum absolute atomic E-state index is 0.759. The summed E-state index contributed by atoms with van der Waals surface area (Å²) >= 11 is 0. The van der Waals surface area contributed by atoms with Gasteiger partial charge in [0.15, 0.2) is 0 Å². The van der Waals surface area contributed by atoms with E-state index in [2.05, 4.69) is 0 Å². The van der Waals surface area contributed by atoms with Crippen LogP contribution in [0.1, 0.15) is 0 Å². The van der Waals surface area contributed by atoms with E-state index in [1.165, 1.54) is 0 Å². The standard InChI is InChI=1S/C5F9N/c1-15-5(13,14)3(8,9)2(6,7)4(10,11)12. The quantitative estimate of drug-likeness (QED) is 0.399. The zero-order valence-corrected chi connectivity index (χ0v) is 6.35. The van der Waals surface area contributed by atoms with Crippen molar-refractivity contribution < 1.29 is 39.5 Å². The molecule has 0 spiro atoms. The van der Waals surface area contributed by atoms with Crippen molar-refractivity contribution in [2.75, 3.05) is 0 Å². The van der Waals surface area contributed by atoms with Crippen molar-refractivity contribution in [3.8, 4) is 0 Å². The summed E-state index contributed by atoms with van der Waals surface area (Å²) in [6.07, 6.45) is -6.87. The van der Waals surface area contributed by atoms with Gasteiger partial charge in [-0.2, -0.15) is 30.7 Å². The molecule has 0 unspecified atom stereocenters. The number of hydrogen-bond donors (Lipinski definition) is 0. The summed E-state index contributed by atoms with van der Waals surface area (Å²) in [6.45, 7) is 5.44. The third kappa shape index (κ3) is 1.82. The van der Waals surface area contributed by atoms with Gasteiger partial charge < -0.3 is 0 Å². The fourth-order valence-electron chi connectivity index (χ4n) is 0.437. The molecule has 0 radical (unpaired) electrons. The fraction of sp³-hybridized carbons (Fsp3) is 0.800. The second-order valence-electron chi connectivity index (χ2n) is 2.30. The average molecular weight is 245 g/mol. The Labute approximate surface area is 76.3 Å². The molecule has 0 saturated heterocycles. The van der Waals surface area contributed by atoms with Crippen LogP contribution in [0.4, 0.5) is 39.5 Å². The van der Waals surface area contributed by atoms with E-state index in [0.29, 0.717) is 0 Å². The van der Waals surface area contributed by atoms with Gasteiger partial charge in [0, 0.05) is 0 Å². The normalized spacial score (nSPS) is 14.9. The number of rotatable bonds is 2. The predicted octanol–water partition coefficient (Wildman–Crippen LogP) is 3.33. The van der Waals surface area contributed by atoms with Crippen molar-refractivity contribution in [3.63, 3.8) is 0 Å². The maximum absolute atomic E-state index is 12.0. The van der Waals surface area contributed by atoms with E-state index in [1.54, 1.807) is 0 Å². The third-order valence-electron chi connectivity index (χ3n) is 1.27. The molecule has 0 N–H and O–H groups in total. The van der Waals surface area contributed by atoms with Crippen molar-refractivity contribution in [2.24, 2.45) is 0 Å². The van der Waals surface area contributed by atoms with E-state index in [1.807, 2.05) is 0 Å². The zero-order valence-electron chi connectivity index (χ0n) is 6.35. The maximum Gasteiger partial charge on any atom is 0.601 e. The van der Waals surface area contributed by atoms with Gasteiger partial charge in [-0.1, -0.05) is 0 Å². The van der Waals surface area contributed by atoms with Gasteiger partial charge in [0.1, 0.15) is 0 Å². The van der Waals surface area contributed by atoms with Crippen LogP contribution in [0.2, 0.25) is 0 Å². The zero-order chi connectivity index (χ0) is 12.7. The van der Waals surface area contributed by atoms with Gasteiger partial charge in [-0.05, 0) is 0 Å². The first-order valence-electron chi connectivity index (χ1n) is 2.90. The molecule has 10 heteroatoms. The Balaban J connectivity index is 5.51. The molecule has 0 aromatic rings. The largest absolute Gasteiger partial charge is 0.601 e. The highest BCUT2D eigenvalue weighted by atomic mass is 19.4. The molecule has 0 aliphatic carbocycles. The van der Waals surface area contributed by atoms with Gasteiger partial charge in [-0.15, -0.1) is 8.78 Å². The van der Waals surface area contributed by atoms with Crippen LogP contribution in [0.25, 0.3) is 4.85 Å². The summed E-state index contributed by atoms with van der Waals surface area (Å²) in [4.78, 5) is 0.759. The van der Waals surface area contributed by atoms with Gasteiger partial charge in [-0.3, -0.25) is 0 Å². The van der Waals surface area contributed by atoms with Crippen LogP contribution in [0.3, 0.4) is 0 Å². The number of nitrogens with zero attached hydrogens (tertiary/aromatic N) is 1. The van der Waals surface area contributed by atoms with Crippen molar-refractivity contribution in [2.45, 2.75) is 24.1 Å². The van der Waals surface area contributed by atoms with Crippen LogP contribution in [-0.2, 0) is 0 Å². The van der Waals surface area contributed by atoms with Gasteiger partial charge in [-0.25, -0.2) is 11.4 Å². The molecule has 0 aromatic heterocycles. The van der Waals surface area contributed by atoms with Crippen LogP contribution in [-0.4, -0.2) is 24.1 Å². The van der Waals surface area contributed by atoms with E-state index in [0.717, 1.165) is 4.85 Å². The lowest BCUT2D eigenvalue weighted by Gasteiger charge is -2.26. The summed E-state index contributed by atoms with van der Waals surface area (Å²) in [5.41, 5.74) is 0. The summed E-state index contributed by atoms with van der Waals surface area (Å²) in [6, 6.07) is -6.13. The summed E-state index contributed by atoms with van der Waals surface area (Å²) < 4.78 is 106. The van der Waals surface area contributed by atoms with Crippen LogP contribution >= 0.6 is 0 Å². The molecule has 0 saturated carbocycles. The second kappa shape index (κ2) is 3.18. The molecule has 0 bridgehead atoms.